The second-order valence-electron chi connectivity index (χ2n) is 4.41. The molecule has 0 fully saturated rings. The van der Waals surface area contributed by atoms with Gasteiger partial charge < -0.3 is 15.3 Å². The zero-order valence-corrected chi connectivity index (χ0v) is 10.5. The Bertz CT molecular complexity index is 511. The lowest BCUT2D eigenvalue weighted by molar-refractivity contribution is -0.136. The number of hydrogen-bond acceptors (Lipinski definition) is 2. The number of nitrogens with zero attached hydrogens (tertiary/aromatic N) is 1. The molecule has 100 valence electrons. The summed E-state index contributed by atoms with van der Waals surface area (Å²) in [5.41, 5.74) is 1.29. The molecule has 0 aromatic heterocycles. The fourth-order valence-corrected chi connectivity index (χ4v) is 1.96. The van der Waals surface area contributed by atoms with Crippen molar-refractivity contribution < 1.29 is 14.7 Å². The molecule has 0 radical (unpaired) electrons. The monoisotopic (exact) mass is 260 g/mol. The number of amides is 2. The van der Waals surface area contributed by atoms with Gasteiger partial charge in [-0.2, -0.15) is 0 Å². The number of aliphatic carboxylic acids is 1. The number of nitrogens with one attached hydrogen (secondary N) is 1. The van der Waals surface area contributed by atoms with Gasteiger partial charge in [-0.3, -0.25) is 4.79 Å². The third-order valence-corrected chi connectivity index (χ3v) is 2.88. The molecule has 2 rings (SSSR count). The molecule has 0 aliphatic carbocycles. The summed E-state index contributed by atoms with van der Waals surface area (Å²) in [5, 5.41) is 11.5. The number of urea groups is 1. The van der Waals surface area contributed by atoms with Crippen LogP contribution in [0, 0.1) is 0 Å². The molecular weight excluding hydrogens is 244 g/mol. The molecule has 0 spiro atoms. The Morgan fingerprint density at radius 2 is 2.16 bits per heavy atom. The van der Waals surface area contributed by atoms with E-state index in [1.165, 1.54) is 0 Å². The van der Waals surface area contributed by atoms with Crippen LogP contribution in [0.5, 0.6) is 0 Å². The lowest BCUT2D eigenvalue weighted by atomic mass is 10.1. The van der Waals surface area contributed by atoms with Crippen molar-refractivity contribution in [3.8, 4) is 0 Å². The quantitative estimate of drug-likeness (QED) is 0.818. The highest BCUT2D eigenvalue weighted by atomic mass is 16.4. The summed E-state index contributed by atoms with van der Waals surface area (Å²) in [4.78, 5) is 24.3. The van der Waals surface area contributed by atoms with Gasteiger partial charge in [0.2, 0.25) is 0 Å². The maximum Gasteiger partial charge on any atom is 0.322 e. The van der Waals surface area contributed by atoms with Crippen molar-refractivity contribution in [1.82, 2.24) is 4.90 Å². The van der Waals surface area contributed by atoms with Crippen molar-refractivity contribution in [2.45, 2.75) is 12.8 Å². The van der Waals surface area contributed by atoms with Crippen molar-refractivity contribution in [2.24, 2.45) is 0 Å². The van der Waals surface area contributed by atoms with Gasteiger partial charge in [0.15, 0.2) is 0 Å². The molecule has 0 atom stereocenters. The molecule has 5 nitrogen and oxygen atoms in total. The van der Waals surface area contributed by atoms with Crippen LogP contribution in [-0.2, 0) is 11.2 Å². The molecule has 2 N–H and O–H groups in total. The highest BCUT2D eigenvalue weighted by Crippen LogP contribution is 2.13. The van der Waals surface area contributed by atoms with Crippen molar-refractivity contribution >= 4 is 17.7 Å². The summed E-state index contributed by atoms with van der Waals surface area (Å²) in [6, 6.07) is 6.75. The molecule has 1 heterocycles. The summed E-state index contributed by atoms with van der Waals surface area (Å²) in [5.74, 6) is -0.885. The Morgan fingerprint density at radius 3 is 2.84 bits per heavy atom. The average molecular weight is 260 g/mol. The Hall–Kier alpha value is -2.30. The average Bonchev–Trinajstić information content (AvgIpc) is 2.39. The topological polar surface area (TPSA) is 69.6 Å². The molecule has 0 saturated heterocycles. The molecule has 1 aromatic rings. The predicted octanol–water partition coefficient (Wildman–Crippen LogP) is 2.11. The van der Waals surface area contributed by atoms with Gasteiger partial charge in [-0.1, -0.05) is 24.3 Å². The first-order valence-corrected chi connectivity index (χ1v) is 6.17. The highest BCUT2D eigenvalue weighted by molar-refractivity contribution is 5.89. The van der Waals surface area contributed by atoms with Crippen LogP contribution in [0.2, 0.25) is 0 Å². The summed E-state index contributed by atoms with van der Waals surface area (Å²) in [6.07, 6.45) is 4.84. The molecule has 19 heavy (non-hydrogen) atoms. The first-order chi connectivity index (χ1) is 9.15. The van der Waals surface area contributed by atoms with E-state index in [9.17, 15) is 9.59 Å². The van der Waals surface area contributed by atoms with E-state index in [2.05, 4.69) is 11.4 Å². The molecule has 1 aliphatic rings. The van der Waals surface area contributed by atoms with E-state index in [4.69, 9.17) is 5.11 Å². The molecule has 2 amide bonds. The maximum absolute atomic E-state index is 12.0. The van der Waals surface area contributed by atoms with Gasteiger partial charge >= 0.3 is 12.0 Å². The van der Waals surface area contributed by atoms with E-state index in [1.807, 2.05) is 6.08 Å². The summed E-state index contributed by atoms with van der Waals surface area (Å²) in [6.45, 7) is 1.32. The van der Waals surface area contributed by atoms with Gasteiger partial charge in [0, 0.05) is 18.8 Å². The van der Waals surface area contributed by atoms with Gasteiger partial charge in [-0.15, -0.1) is 0 Å². The van der Waals surface area contributed by atoms with Crippen molar-refractivity contribution in [1.29, 1.82) is 0 Å². The van der Waals surface area contributed by atoms with Gasteiger partial charge in [0.05, 0.1) is 6.42 Å². The summed E-state index contributed by atoms with van der Waals surface area (Å²) in [7, 11) is 0. The fraction of sp³-hybridized carbons (Fsp3) is 0.286. The number of carboxylic acid groups (broad SMARTS) is 1. The van der Waals surface area contributed by atoms with E-state index in [1.54, 1.807) is 29.2 Å². The smallest absolute Gasteiger partial charge is 0.322 e. The second kappa shape index (κ2) is 6.04. The van der Waals surface area contributed by atoms with Crippen LogP contribution in [0.1, 0.15) is 12.0 Å². The molecule has 1 aliphatic heterocycles. The second-order valence-corrected chi connectivity index (χ2v) is 4.41. The first kappa shape index (κ1) is 13.1. The fourth-order valence-electron chi connectivity index (χ4n) is 1.96. The molecule has 0 saturated carbocycles. The normalized spacial score (nSPS) is 14.2. The number of carbonyl (C=O) groups is 2. The van der Waals surface area contributed by atoms with Crippen molar-refractivity contribution in [3.05, 3.63) is 42.0 Å². The number of carboxylic acids is 1. The third kappa shape index (κ3) is 3.84. The van der Waals surface area contributed by atoms with Gasteiger partial charge in [-0.05, 0) is 24.1 Å². The van der Waals surface area contributed by atoms with Gasteiger partial charge in [0.1, 0.15) is 0 Å². The number of anilines is 1. The minimum atomic E-state index is -0.885. The van der Waals surface area contributed by atoms with Gasteiger partial charge in [-0.25, -0.2) is 4.79 Å². The summed E-state index contributed by atoms with van der Waals surface area (Å²) < 4.78 is 0. The van der Waals surface area contributed by atoms with E-state index < -0.39 is 5.97 Å². The largest absolute Gasteiger partial charge is 0.481 e. The SMILES string of the molecule is O=C(O)Cc1cccc(NC(=O)N2CC=CCC2)c1. The van der Waals surface area contributed by atoms with Crippen LogP contribution in [0.25, 0.3) is 0 Å². The minimum absolute atomic E-state index is 0.0455. The Kier molecular flexibility index (Phi) is 4.18. The standard InChI is InChI=1S/C14H16N2O3/c17-13(18)10-11-5-4-6-12(9-11)15-14(19)16-7-2-1-3-8-16/h1-2,4-6,9H,3,7-8,10H2,(H,15,19)(H,17,18). The molecule has 1 aromatic carbocycles. The Balaban J connectivity index is 2.00. The Labute approximate surface area is 111 Å². The number of carbonyl (C=O) groups excluding carboxylic acids is 1. The maximum atomic E-state index is 12.0. The molecular formula is C14H16N2O3. The summed E-state index contributed by atoms with van der Waals surface area (Å²) >= 11 is 0. The third-order valence-electron chi connectivity index (χ3n) is 2.88. The van der Waals surface area contributed by atoms with Crippen molar-refractivity contribution in [2.75, 3.05) is 18.4 Å². The predicted molar refractivity (Wildman–Crippen MR) is 72.1 cm³/mol. The van der Waals surface area contributed by atoms with Crippen LogP contribution in [-0.4, -0.2) is 35.1 Å². The Morgan fingerprint density at radius 1 is 1.32 bits per heavy atom. The number of benzene rings is 1. The van der Waals surface area contributed by atoms with E-state index >= 15 is 0 Å². The van der Waals surface area contributed by atoms with Crippen molar-refractivity contribution in [3.63, 3.8) is 0 Å². The van der Waals surface area contributed by atoms with Crippen LogP contribution in [0.15, 0.2) is 36.4 Å². The highest BCUT2D eigenvalue weighted by Gasteiger charge is 2.13. The first-order valence-electron chi connectivity index (χ1n) is 6.17. The van der Waals surface area contributed by atoms with Crippen LogP contribution >= 0.6 is 0 Å². The lowest BCUT2D eigenvalue weighted by Gasteiger charge is -2.23. The number of rotatable bonds is 3. The van der Waals surface area contributed by atoms with E-state index in [-0.39, 0.29) is 12.5 Å². The van der Waals surface area contributed by atoms with E-state index in [0.717, 1.165) is 6.42 Å². The zero-order chi connectivity index (χ0) is 13.7. The molecule has 0 unspecified atom stereocenters. The van der Waals surface area contributed by atoms with Crippen LogP contribution < -0.4 is 5.32 Å². The van der Waals surface area contributed by atoms with Crippen LogP contribution in [0.3, 0.4) is 0 Å². The number of hydrogen-bond donors (Lipinski definition) is 2. The molecule has 0 bridgehead atoms. The zero-order valence-electron chi connectivity index (χ0n) is 10.5. The van der Waals surface area contributed by atoms with Gasteiger partial charge in [0.25, 0.3) is 0 Å². The van der Waals surface area contributed by atoms with E-state index in [0.29, 0.717) is 24.3 Å². The molecule has 5 heteroatoms. The van der Waals surface area contributed by atoms with Crippen LogP contribution in [0.4, 0.5) is 10.5 Å². The minimum Gasteiger partial charge on any atom is -0.481 e. The lowest BCUT2D eigenvalue weighted by Crippen LogP contribution is -2.37.